The Bertz CT molecular complexity index is 345. The zero-order chi connectivity index (χ0) is 11.6. The fourth-order valence-electron chi connectivity index (χ4n) is 2.10. The van der Waals surface area contributed by atoms with Gasteiger partial charge >= 0.3 is 0 Å². The number of halogens is 2. The van der Waals surface area contributed by atoms with E-state index in [9.17, 15) is 8.78 Å². The van der Waals surface area contributed by atoms with Gasteiger partial charge < -0.3 is 10.4 Å². The monoisotopic (exact) mass is 227 g/mol. The molecular formula is C12H15F2NO. The Morgan fingerprint density at radius 3 is 2.25 bits per heavy atom. The smallest absolute Gasteiger partial charge is 0.276 e. The summed E-state index contributed by atoms with van der Waals surface area (Å²) in [4.78, 5) is 0. The van der Waals surface area contributed by atoms with Crippen molar-refractivity contribution in [2.45, 2.75) is 18.8 Å². The van der Waals surface area contributed by atoms with E-state index in [0.717, 1.165) is 0 Å². The van der Waals surface area contributed by atoms with Crippen LogP contribution in [0.3, 0.4) is 0 Å². The van der Waals surface area contributed by atoms with Gasteiger partial charge in [-0.2, -0.15) is 0 Å². The predicted molar refractivity (Wildman–Crippen MR) is 57.6 cm³/mol. The molecule has 1 aliphatic rings. The molecule has 0 bridgehead atoms. The van der Waals surface area contributed by atoms with Gasteiger partial charge in [0.1, 0.15) is 5.75 Å². The van der Waals surface area contributed by atoms with Gasteiger partial charge in [0.25, 0.3) is 5.92 Å². The molecule has 2 N–H and O–H groups in total. The molecule has 1 aromatic rings. The average Bonchev–Trinajstić information content (AvgIpc) is 2.31. The Balaban J connectivity index is 2.19. The van der Waals surface area contributed by atoms with Crippen LogP contribution in [-0.2, 0) is 5.92 Å². The SMILES string of the molecule is Oc1ccc(C(F)(F)C2CCNCC2)cc1. The molecule has 0 unspecified atom stereocenters. The normalized spacial score (nSPS) is 18.6. The number of benzene rings is 1. The van der Waals surface area contributed by atoms with Crippen molar-refractivity contribution < 1.29 is 13.9 Å². The number of piperidine rings is 1. The van der Waals surface area contributed by atoms with Crippen LogP contribution in [0.25, 0.3) is 0 Å². The minimum atomic E-state index is -2.80. The molecule has 1 saturated heterocycles. The summed E-state index contributed by atoms with van der Waals surface area (Å²) in [5.74, 6) is -3.38. The van der Waals surface area contributed by atoms with E-state index in [1.165, 1.54) is 24.3 Å². The van der Waals surface area contributed by atoms with Crippen molar-refractivity contribution >= 4 is 0 Å². The highest BCUT2D eigenvalue weighted by molar-refractivity contribution is 5.29. The van der Waals surface area contributed by atoms with Crippen LogP contribution in [0, 0.1) is 5.92 Å². The number of hydrogen-bond acceptors (Lipinski definition) is 2. The van der Waals surface area contributed by atoms with E-state index in [1.807, 2.05) is 0 Å². The van der Waals surface area contributed by atoms with Crippen molar-refractivity contribution in [1.29, 1.82) is 0 Å². The van der Waals surface area contributed by atoms with E-state index in [0.29, 0.717) is 25.9 Å². The third kappa shape index (κ3) is 2.16. The van der Waals surface area contributed by atoms with Crippen LogP contribution >= 0.6 is 0 Å². The summed E-state index contributed by atoms with van der Waals surface area (Å²) in [5.41, 5.74) is -0.00259. The molecule has 0 atom stereocenters. The first-order valence-corrected chi connectivity index (χ1v) is 5.49. The summed E-state index contributed by atoms with van der Waals surface area (Å²) in [5, 5.41) is 12.2. The number of phenols is 1. The van der Waals surface area contributed by atoms with Crippen molar-refractivity contribution in [1.82, 2.24) is 5.32 Å². The Hall–Kier alpha value is -1.16. The van der Waals surface area contributed by atoms with Crippen molar-refractivity contribution in [3.63, 3.8) is 0 Å². The van der Waals surface area contributed by atoms with E-state index in [-0.39, 0.29) is 11.3 Å². The summed E-state index contributed by atoms with van der Waals surface area (Å²) in [6.45, 7) is 1.30. The quantitative estimate of drug-likeness (QED) is 0.813. The van der Waals surface area contributed by atoms with Gasteiger partial charge in [-0.25, -0.2) is 8.78 Å². The van der Waals surface area contributed by atoms with Crippen LogP contribution in [0.4, 0.5) is 8.78 Å². The zero-order valence-electron chi connectivity index (χ0n) is 8.92. The van der Waals surface area contributed by atoms with E-state index < -0.39 is 11.8 Å². The summed E-state index contributed by atoms with van der Waals surface area (Å²) < 4.78 is 28.1. The highest BCUT2D eigenvalue weighted by Gasteiger charge is 2.41. The molecule has 1 aliphatic heterocycles. The molecule has 16 heavy (non-hydrogen) atoms. The second-order valence-electron chi connectivity index (χ2n) is 4.19. The Labute approximate surface area is 93.3 Å². The molecule has 0 spiro atoms. The van der Waals surface area contributed by atoms with Crippen LogP contribution in [0.5, 0.6) is 5.75 Å². The minimum Gasteiger partial charge on any atom is -0.508 e. The summed E-state index contributed by atoms with van der Waals surface area (Å²) in [6.07, 6.45) is 0.988. The number of rotatable bonds is 2. The molecular weight excluding hydrogens is 212 g/mol. The van der Waals surface area contributed by atoms with Crippen LogP contribution < -0.4 is 5.32 Å². The third-order valence-corrected chi connectivity index (χ3v) is 3.10. The van der Waals surface area contributed by atoms with Crippen LogP contribution in [0.1, 0.15) is 18.4 Å². The number of hydrogen-bond donors (Lipinski definition) is 2. The molecule has 0 radical (unpaired) electrons. The van der Waals surface area contributed by atoms with Gasteiger partial charge in [0.2, 0.25) is 0 Å². The van der Waals surface area contributed by atoms with E-state index >= 15 is 0 Å². The maximum Gasteiger partial charge on any atom is 0.276 e. The first-order valence-electron chi connectivity index (χ1n) is 5.49. The molecule has 0 aromatic heterocycles. The molecule has 2 rings (SSSR count). The minimum absolute atomic E-state index is 0.00259. The summed E-state index contributed by atoms with van der Waals surface area (Å²) in [6, 6.07) is 5.23. The van der Waals surface area contributed by atoms with E-state index in [1.54, 1.807) is 0 Å². The first kappa shape index (κ1) is 11.3. The molecule has 0 amide bonds. The van der Waals surface area contributed by atoms with Crippen LogP contribution in [0.2, 0.25) is 0 Å². The highest BCUT2D eigenvalue weighted by atomic mass is 19.3. The van der Waals surface area contributed by atoms with Crippen LogP contribution in [-0.4, -0.2) is 18.2 Å². The lowest BCUT2D eigenvalue weighted by Crippen LogP contribution is -2.36. The average molecular weight is 227 g/mol. The number of nitrogens with one attached hydrogen (secondary N) is 1. The number of aromatic hydroxyl groups is 1. The van der Waals surface area contributed by atoms with Crippen molar-refractivity contribution in [2.24, 2.45) is 5.92 Å². The fourth-order valence-corrected chi connectivity index (χ4v) is 2.10. The van der Waals surface area contributed by atoms with E-state index in [2.05, 4.69) is 5.32 Å². The fraction of sp³-hybridized carbons (Fsp3) is 0.500. The highest BCUT2D eigenvalue weighted by Crippen LogP contribution is 2.40. The number of alkyl halides is 2. The van der Waals surface area contributed by atoms with Crippen molar-refractivity contribution in [2.75, 3.05) is 13.1 Å². The summed E-state index contributed by atoms with van der Waals surface area (Å²) in [7, 11) is 0. The standard InChI is InChI=1S/C12H15F2NO/c13-12(14,10-5-7-15-8-6-10)9-1-3-11(16)4-2-9/h1-4,10,15-16H,5-8H2. The van der Waals surface area contributed by atoms with Gasteiger partial charge in [-0.15, -0.1) is 0 Å². The lowest BCUT2D eigenvalue weighted by molar-refractivity contribution is -0.0753. The molecule has 88 valence electrons. The third-order valence-electron chi connectivity index (χ3n) is 3.10. The topological polar surface area (TPSA) is 32.3 Å². The molecule has 1 fully saturated rings. The maximum atomic E-state index is 14.1. The molecule has 1 heterocycles. The van der Waals surface area contributed by atoms with Gasteiger partial charge in [0, 0.05) is 11.5 Å². The lowest BCUT2D eigenvalue weighted by atomic mass is 9.87. The largest absolute Gasteiger partial charge is 0.508 e. The molecule has 0 saturated carbocycles. The second kappa shape index (κ2) is 4.37. The van der Waals surface area contributed by atoms with Gasteiger partial charge in [-0.3, -0.25) is 0 Å². The second-order valence-corrected chi connectivity index (χ2v) is 4.19. The van der Waals surface area contributed by atoms with Gasteiger partial charge in [-0.1, -0.05) is 0 Å². The maximum absolute atomic E-state index is 14.1. The van der Waals surface area contributed by atoms with Gasteiger partial charge in [0.05, 0.1) is 0 Å². The lowest BCUT2D eigenvalue weighted by Gasteiger charge is -2.30. The van der Waals surface area contributed by atoms with Crippen molar-refractivity contribution in [3.8, 4) is 5.75 Å². The molecule has 2 nitrogen and oxygen atoms in total. The zero-order valence-corrected chi connectivity index (χ0v) is 8.92. The van der Waals surface area contributed by atoms with Crippen molar-refractivity contribution in [3.05, 3.63) is 29.8 Å². The molecule has 4 heteroatoms. The Kier molecular flexibility index (Phi) is 3.10. The first-order chi connectivity index (χ1) is 7.60. The van der Waals surface area contributed by atoms with Gasteiger partial charge in [-0.05, 0) is 50.2 Å². The van der Waals surface area contributed by atoms with Crippen LogP contribution in [0.15, 0.2) is 24.3 Å². The Morgan fingerprint density at radius 1 is 1.12 bits per heavy atom. The Morgan fingerprint density at radius 2 is 1.69 bits per heavy atom. The number of phenolic OH excluding ortho intramolecular Hbond substituents is 1. The summed E-state index contributed by atoms with van der Waals surface area (Å²) >= 11 is 0. The van der Waals surface area contributed by atoms with Gasteiger partial charge in [0.15, 0.2) is 0 Å². The molecule has 1 aromatic carbocycles. The molecule has 0 aliphatic carbocycles. The van der Waals surface area contributed by atoms with E-state index in [4.69, 9.17) is 5.11 Å². The predicted octanol–water partition coefficient (Wildman–Crippen LogP) is 2.48.